The summed E-state index contributed by atoms with van der Waals surface area (Å²) in [5, 5.41) is 1.95. The molecule has 1 heterocycles. The highest BCUT2D eigenvalue weighted by Crippen LogP contribution is 2.26. The van der Waals surface area contributed by atoms with Gasteiger partial charge in [0.15, 0.2) is 0 Å². The maximum Gasteiger partial charge on any atom is 0.128 e. The van der Waals surface area contributed by atoms with Crippen LogP contribution in [0.15, 0.2) is 35.7 Å². The molecule has 0 unspecified atom stereocenters. The summed E-state index contributed by atoms with van der Waals surface area (Å²) in [7, 11) is 0. The molecule has 16 heavy (non-hydrogen) atoms. The van der Waals surface area contributed by atoms with Gasteiger partial charge in [-0.2, -0.15) is 0 Å². The summed E-state index contributed by atoms with van der Waals surface area (Å²) in [5.74, 6) is -0.240. The van der Waals surface area contributed by atoms with E-state index in [-0.39, 0.29) is 24.3 Å². The molecule has 2 N–H and O–H groups in total. The quantitative estimate of drug-likeness (QED) is 0.797. The van der Waals surface area contributed by atoms with E-state index in [0.29, 0.717) is 5.56 Å². The summed E-state index contributed by atoms with van der Waals surface area (Å²) in [6.07, 6.45) is 0. The van der Waals surface area contributed by atoms with Gasteiger partial charge in [-0.3, -0.25) is 0 Å². The van der Waals surface area contributed by atoms with Crippen LogP contribution >= 0.6 is 46.3 Å². The number of hydrogen-bond acceptors (Lipinski definition) is 2. The first-order valence-electron chi connectivity index (χ1n) is 4.42. The van der Waals surface area contributed by atoms with Crippen LogP contribution in [0.1, 0.15) is 16.5 Å². The maximum atomic E-state index is 13.5. The minimum atomic E-state index is -0.361. The highest BCUT2D eigenvalue weighted by molar-refractivity contribution is 14.1. The lowest BCUT2D eigenvalue weighted by Crippen LogP contribution is -2.12. The van der Waals surface area contributed by atoms with Gasteiger partial charge in [0.1, 0.15) is 5.82 Å². The van der Waals surface area contributed by atoms with E-state index < -0.39 is 0 Å². The zero-order valence-corrected chi connectivity index (χ0v) is 12.0. The lowest BCUT2D eigenvalue weighted by Gasteiger charge is -2.11. The Morgan fingerprint density at radius 3 is 2.69 bits per heavy atom. The van der Waals surface area contributed by atoms with Gasteiger partial charge < -0.3 is 5.73 Å². The Hall–Kier alpha value is -0.170. The van der Waals surface area contributed by atoms with Crippen molar-refractivity contribution in [2.24, 2.45) is 5.73 Å². The van der Waals surface area contributed by atoms with Gasteiger partial charge in [0.05, 0.1) is 6.04 Å². The first-order chi connectivity index (χ1) is 7.18. The monoisotopic (exact) mass is 369 g/mol. The molecule has 1 atom stereocenters. The van der Waals surface area contributed by atoms with E-state index >= 15 is 0 Å². The van der Waals surface area contributed by atoms with Gasteiger partial charge in [-0.15, -0.1) is 23.7 Å². The van der Waals surface area contributed by atoms with Crippen molar-refractivity contribution < 1.29 is 4.39 Å². The molecule has 0 spiro atoms. The summed E-state index contributed by atoms with van der Waals surface area (Å²) in [4.78, 5) is 0.982. The predicted molar refractivity (Wildman–Crippen MR) is 76.7 cm³/mol. The van der Waals surface area contributed by atoms with Crippen LogP contribution < -0.4 is 5.73 Å². The number of thiophene rings is 1. The van der Waals surface area contributed by atoms with Crippen LogP contribution in [-0.4, -0.2) is 0 Å². The van der Waals surface area contributed by atoms with E-state index in [1.807, 2.05) is 17.5 Å². The summed E-state index contributed by atoms with van der Waals surface area (Å²) in [5.41, 5.74) is 6.56. The van der Waals surface area contributed by atoms with Crippen molar-refractivity contribution >= 4 is 46.3 Å². The Morgan fingerprint density at radius 1 is 1.31 bits per heavy atom. The number of halogens is 3. The molecule has 1 nitrogen and oxygen atoms in total. The molecule has 0 bridgehead atoms. The van der Waals surface area contributed by atoms with E-state index in [1.165, 1.54) is 6.07 Å². The van der Waals surface area contributed by atoms with Gasteiger partial charge in [0.25, 0.3) is 0 Å². The molecule has 86 valence electrons. The second kappa shape index (κ2) is 5.95. The van der Waals surface area contributed by atoms with Crippen LogP contribution in [0.5, 0.6) is 0 Å². The minimum absolute atomic E-state index is 0. The van der Waals surface area contributed by atoms with Crippen LogP contribution in [0.3, 0.4) is 0 Å². The molecule has 0 amide bonds. The fraction of sp³-hybridized carbons (Fsp3) is 0.0909. The zero-order valence-electron chi connectivity index (χ0n) is 8.19. The van der Waals surface area contributed by atoms with E-state index in [9.17, 15) is 4.39 Å². The Morgan fingerprint density at radius 2 is 2.06 bits per heavy atom. The molecular weight excluding hydrogens is 360 g/mol. The molecule has 2 aromatic rings. The van der Waals surface area contributed by atoms with Crippen molar-refractivity contribution in [1.29, 1.82) is 0 Å². The minimum Gasteiger partial charge on any atom is -0.320 e. The molecule has 5 heteroatoms. The van der Waals surface area contributed by atoms with Crippen molar-refractivity contribution in [3.63, 3.8) is 0 Å². The van der Waals surface area contributed by atoms with Gasteiger partial charge in [-0.05, 0) is 52.2 Å². The summed E-state index contributed by atoms with van der Waals surface area (Å²) >= 11 is 3.70. The fourth-order valence-corrected chi connectivity index (χ4v) is 2.63. The van der Waals surface area contributed by atoms with Gasteiger partial charge >= 0.3 is 0 Å². The van der Waals surface area contributed by atoms with Crippen molar-refractivity contribution in [1.82, 2.24) is 0 Å². The molecule has 1 aromatic heterocycles. The maximum absolute atomic E-state index is 13.5. The standard InChI is InChI=1S/C11H9FINS.ClH/c12-9-4-3-7(13)6-8(9)11(14)10-2-1-5-15-10;/h1-6,11H,14H2;1H/t11-;/m0./s1. The van der Waals surface area contributed by atoms with E-state index in [2.05, 4.69) is 22.6 Å². The zero-order chi connectivity index (χ0) is 10.8. The first-order valence-corrected chi connectivity index (χ1v) is 6.38. The third-order valence-corrected chi connectivity index (χ3v) is 3.77. The lowest BCUT2D eigenvalue weighted by atomic mass is 10.1. The van der Waals surface area contributed by atoms with Crippen LogP contribution in [0.4, 0.5) is 4.39 Å². The molecule has 1 aromatic carbocycles. The SMILES string of the molecule is Cl.N[C@H](c1cccs1)c1cc(I)ccc1F. The summed E-state index contributed by atoms with van der Waals surface area (Å²) in [6, 6.07) is 8.48. The lowest BCUT2D eigenvalue weighted by molar-refractivity contribution is 0.600. The van der Waals surface area contributed by atoms with Gasteiger partial charge in [-0.25, -0.2) is 4.39 Å². The molecule has 0 radical (unpaired) electrons. The molecule has 0 aliphatic rings. The molecule has 0 saturated carbocycles. The number of nitrogens with two attached hydrogens (primary N) is 1. The smallest absolute Gasteiger partial charge is 0.128 e. The van der Waals surface area contributed by atoms with Crippen molar-refractivity contribution in [2.75, 3.05) is 0 Å². The molecule has 0 aliphatic carbocycles. The molecule has 2 rings (SSSR count). The fourth-order valence-electron chi connectivity index (χ4n) is 1.37. The Labute approximate surface area is 117 Å². The highest BCUT2D eigenvalue weighted by Gasteiger charge is 2.14. The van der Waals surface area contributed by atoms with Crippen molar-refractivity contribution in [2.45, 2.75) is 6.04 Å². The topological polar surface area (TPSA) is 26.0 Å². The molecule has 0 aliphatic heterocycles. The third-order valence-electron chi connectivity index (χ3n) is 2.14. The Balaban J connectivity index is 0.00000128. The Bertz CT molecular complexity index is 461. The summed E-state index contributed by atoms with van der Waals surface area (Å²) < 4.78 is 14.5. The average Bonchev–Trinajstić information content (AvgIpc) is 2.74. The van der Waals surface area contributed by atoms with Gasteiger partial charge in [0, 0.05) is 14.0 Å². The molecule has 0 saturated heterocycles. The number of benzene rings is 1. The number of rotatable bonds is 2. The normalized spacial score (nSPS) is 11.9. The van der Waals surface area contributed by atoms with Crippen LogP contribution in [0.2, 0.25) is 0 Å². The number of hydrogen-bond donors (Lipinski definition) is 1. The van der Waals surface area contributed by atoms with E-state index in [4.69, 9.17) is 5.73 Å². The molecule has 0 fully saturated rings. The van der Waals surface area contributed by atoms with Crippen molar-refractivity contribution in [3.8, 4) is 0 Å². The highest BCUT2D eigenvalue weighted by atomic mass is 127. The van der Waals surface area contributed by atoms with Gasteiger partial charge in [0.2, 0.25) is 0 Å². The predicted octanol–water partition coefficient (Wildman–Crippen LogP) is 3.96. The first kappa shape index (κ1) is 13.9. The largest absolute Gasteiger partial charge is 0.320 e. The average molecular weight is 370 g/mol. The molecular formula is C11H10ClFINS. The Kier molecular flexibility index (Phi) is 5.17. The van der Waals surface area contributed by atoms with Gasteiger partial charge in [-0.1, -0.05) is 6.07 Å². The third kappa shape index (κ3) is 2.94. The summed E-state index contributed by atoms with van der Waals surface area (Å²) in [6.45, 7) is 0. The van der Waals surface area contributed by atoms with Crippen LogP contribution in [-0.2, 0) is 0 Å². The van der Waals surface area contributed by atoms with Crippen LogP contribution in [0, 0.1) is 9.39 Å². The second-order valence-electron chi connectivity index (χ2n) is 3.16. The van der Waals surface area contributed by atoms with E-state index in [0.717, 1.165) is 8.45 Å². The van der Waals surface area contributed by atoms with E-state index in [1.54, 1.807) is 23.5 Å². The second-order valence-corrected chi connectivity index (χ2v) is 5.38. The van der Waals surface area contributed by atoms with Crippen molar-refractivity contribution in [3.05, 3.63) is 55.5 Å². The van der Waals surface area contributed by atoms with Crippen LogP contribution in [0.25, 0.3) is 0 Å².